The molecule has 1 unspecified atom stereocenters. The van der Waals surface area contributed by atoms with Gasteiger partial charge in [0.25, 0.3) is 0 Å². The minimum absolute atomic E-state index is 0.00848. The maximum absolute atomic E-state index is 11.9. The van der Waals surface area contributed by atoms with Crippen molar-refractivity contribution < 1.29 is 24.3 Å². The summed E-state index contributed by atoms with van der Waals surface area (Å²) in [6.07, 6.45) is -0.121. The van der Waals surface area contributed by atoms with Crippen LogP contribution in [-0.4, -0.2) is 64.9 Å². The smallest absolute Gasteiger partial charge is 0.324 e. The average molecular weight is 299 g/mol. The Bertz CT molecular complexity index is 430. The van der Waals surface area contributed by atoms with E-state index in [1.165, 1.54) is 11.8 Å². The molecule has 4 amide bonds. The molecule has 0 bridgehead atoms. The topological polar surface area (TPSA) is 107 Å². The number of carbonyl (C=O) groups is 4. The Morgan fingerprint density at radius 3 is 2.05 bits per heavy atom. The number of rotatable bonds is 4. The number of hydrogen-bond acceptors (Lipinski definition) is 4. The zero-order valence-corrected chi connectivity index (χ0v) is 12.3. The Morgan fingerprint density at radius 2 is 1.57 bits per heavy atom. The minimum Gasteiger partial charge on any atom is -0.481 e. The molecule has 2 N–H and O–H groups in total. The number of imide groups is 1. The lowest BCUT2D eigenvalue weighted by Gasteiger charge is -2.34. The monoisotopic (exact) mass is 299 g/mol. The third kappa shape index (κ3) is 5.80. The highest BCUT2D eigenvalue weighted by molar-refractivity contribution is 5.94. The third-order valence-corrected chi connectivity index (χ3v) is 3.32. The summed E-state index contributed by atoms with van der Waals surface area (Å²) in [7, 11) is 0. The molecule has 0 saturated carbocycles. The van der Waals surface area contributed by atoms with Gasteiger partial charge in [-0.1, -0.05) is 6.92 Å². The Hall–Kier alpha value is -2.12. The molecular formula is C13H21N3O5. The number of hydrogen-bond donors (Lipinski definition) is 2. The first-order valence-corrected chi connectivity index (χ1v) is 6.85. The molecule has 0 aromatic carbocycles. The van der Waals surface area contributed by atoms with Gasteiger partial charge in [-0.2, -0.15) is 0 Å². The Morgan fingerprint density at radius 1 is 1.05 bits per heavy atom. The van der Waals surface area contributed by atoms with Crippen molar-refractivity contribution in [1.82, 2.24) is 15.1 Å². The highest BCUT2D eigenvalue weighted by atomic mass is 16.4. The van der Waals surface area contributed by atoms with Crippen LogP contribution in [0.5, 0.6) is 0 Å². The average Bonchev–Trinajstić information content (AvgIpc) is 2.37. The van der Waals surface area contributed by atoms with Crippen LogP contribution in [0.1, 0.15) is 26.7 Å². The molecule has 1 saturated heterocycles. The van der Waals surface area contributed by atoms with Gasteiger partial charge in [-0.05, 0) is 5.92 Å². The second-order valence-electron chi connectivity index (χ2n) is 5.25. The van der Waals surface area contributed by atoms with Crippen LogP contribution in [-0.2, 0) is 14.4 Å². The Labute approximate surface area is 123 Å². The lowest BCUT2D eigenvalue weighted by atomic mass is 10.0. The summed E-state index contributed by atoms with van der Waals surface area (Å²) in [5, 5.41) is 10.9. The molecule has 0 aromatic heterocycles. The van der Waals surface area contributed by atoms with Crippen LogP contribution < -0.4 is 5.32 Å². The largest absolute Gasteiger partial charge is 0.481 e. The number of piperazine rings is 1. The molecule has 1 aliphatic rings. The maximum atomic E-state index is 11.9. The summed E-state index contributed by atoms with van der Waals surface area (Å²) in [6, 6.07) is -0.495. The Kier molecular flexibility index (Phi) is 6.13. The van der Waals surface area contributed by atoms with E-state index in [1.54, 1.807) is 11.8 Å². The Balaban J connectivity index is 2.35. The first kappa shape index (κ1) is 16.9. The van der Waals surface area contributed by atoms with Gasteiger partial charge in [-0.25, -0.2) is 4.79 Å². The normalized spacial score (nSPS) is 16.3. The number of urea groups is 1. The van der Waals surface area contributed by atoms with Gasteiger partial charge in [0.2, 0.25) is 11.8 Å². The van der Waals surface area contributed by atoms with Crippen molar-refractivity contribution in [3.8, 4) is 0 Å². The van der Waals surface area contributed by atoms with Crippen LogP contribution in [0.2, 0.25) is 0 Å². The molecule has 118 valence electrons. The molecule has 0 aliphatic carbocycles. The molecule has 0 spiro atoms. The molecular weight excluding hydrogens is 278 g/mol. The highest BCUT2D eigenvalue weighted by Gasteiger charge is 2.24. The fraction of sp³-hybridized carbons (Fsp3) is 0.692. The van der Waals surface area contributed by atoms with E-state index < -0.39 is 17.9 Å². The van der Waals surface area contributed by atoms with Crippen molar-refractivity contribution in [3.63, 3.8) is 0 Å². The number of nitrogens with one attached hydrogen (secondary N) is 1. The fourth-order valence-electron chi connectivity index (χ4n) is 2.16. The molecule has 21 heavy (non-hydrogen) atoms. The highest BCUT2D eigenvalue weighted by Crippen LogP contribution is 2.07. The predicted molar refractivity (Wildman–Crippen MR) is 73.4 cm³/mol. The van der Waals surface area contributed by atoms with Crippen molar-refractivity contribution in [3.05, 3.63) is 0 Å². The van der Waals surface area contributed by atoms with Gasteiger partial charge in [-0.15, -0.1) is 0 Å². The lowest BCUT2D eigenvalue weighted by molar-refractivity contribution is -0.138. The van der Waals surface area contributed by atoms with Gasteiger partial charge in [0.05, 0.1) is 0 Å². The molecule has 1 heterocycles. The van der Waals surface area contributed by atoms with Crippen molar-refractivity contribution in [1.29, 1.82) is 0 Å². The van der Waals surface area contributed by atoms with Crippen LogP contribution in [0.4, 0.5) is 4.79 Å². The van der Waals surface area contributed by atoms with Gasteiger partial charge < -0.3 is 14.9 Å². The molecule has 8 nitrogen and oxygen atoms in total. The number of carbonyl (C=O) groups excluding carboxylic acids is 3. The van der Waals surface area contributed by atoms with Gasteiger partial charge in [0.1, 0.15) is 0 Å². The van der Waals surface area contributed by atoms with Crippen molar-refractivity contribution in [2.45, 2.75) is 26.7 Å². The van der Waals surface area contributed by atoms with E-state index in [9.17, 15) is 19.2 Å². The zero-order chi connectivity index (χ0) is 16.0. The van der Waals surface area contributed by atoms with Crippen molar-refractivity contribution in [2.24, 2.45) is 5.92 Å². The summed E-state index contributed by atoms with van der Waals surface area (Å²) >= 11 is 0. The number of amides is 4. The molecule has 1 aliphatic heterocycles. The number of nitrogens with zero attached hydrogens (tertiary/aromatic N) is 2. The second kappa shape index (κ2) is 7.61. The van der Waals surface area contributed by atoms with Crippen molar-refractivity contribution >= 4 is 23.8 Å². The van der Waals surface area contributed by atoms with Gasteiger partial charge >= 0.3 is 12.0 Å². The fourth-order valence-corrected chi connectivity index (χ4v) is 2.16. The second-order valence-corrected chi connectivity index (χ2v) is 5.25. The standard InChI is InChI=1S/C13H21N3O5/c1-9(8-12(19)20)7-11(18)14-13(21)16-5-3-15(4-6-16)10(2)17/h9H,3-8H2,1-2H3,(H,19,20)(H,14,18,21). The van der Waals surface area contributed by atoms with Gasteiger partial charge in [-0.3, -0.25) is 19.7 Å². The van der Waals surface area contributed by atoms with Crippen molar-refractivity contribution in [2.75, 3.05) is 26.2 Å². The van der Waals surface area contributed by atoms with E-state index in [0.717, 1.165) is 0 Å². The number of aliphatic carboxylic acids is 1. The molecule has 0 radical (unpaired) electrons. The number of carboxylic acids is 1. The lowest BCUT2D eigenvalue weighted by Crippen LogP contribution is -2.53. The van der Waals surface area contributed by atoms with E-state index in [4.69, 9.17) is 5.11 Å². The summed E-state index contributed by atoms with van der Waals surface area (Å²) in [4.78, 5) is 48.3. The van der Waals surface area contributed by atoms with Crippen LogP contribution in [0.15, 0.2) is 0 Å². The first-order chi connectivity index (χ1) is 9.79. The van der Waals surface area contributed by atoms with E-state index in [-0.39, 0.29) is 24.7 Å². The van der Waals surface area contributed by atoms with Crippen LogP contribution in [0.25, 0.3) is 0 Å². The summed E-state index contributed by atoms with van der Waals surface area (Å²) in [5.41, 5.74) is 0. The summed E-state index contributed by atoms with van der Waals surface area (Å²) < 4.78 is 0. The first-order valence-electron chi connectivity index (χ1n) is 6.85. The predicted octanol–water partition coefficient (Wildman–Crippen LogP) is -0.112. The van der Waals surface area contributed by atoms with E-state index in [0.29, 0.717) is 26.2 Å². The maximum Gasteiger partial charge on any atom is 0.324 e. The molecule has 1 rings (SSSR count). The van der Waals surface area contributed by atoms with E-state index in [2.05, 4.69) is 5.32 Å². The molecule has 8 heteroatoms. The third-order valence-electron chi connectivity index (χ3n) is 3.32. The summed E-state index contributed by atoms with van der Waals surface area (Å²) in [6.45, 7) is 4.78. The molecule has 1 atom stereocenters. The number of carboxylic acid groups (broad SMARTS) is 1. The minimum atomic E-state index is -0.970. The van der Waals surface area contributed by atoms with E-state index in [1.807, 2.05) is 0 Å². The molecule has 1 fully saturated rings. The molecule has 0 aromatic rings. The van der Waals surface area contributed by atoms with Crippen LogP contribution in [0, 0.1) is 5.92 Å². The van der Waals surface area contributed by atoms with Crippen LogP contribution in [0.3, 0.4) is 0 Å². The van der Waals surface area contributed by atoms with Crippen LogP contribution >= 0.6 is 0 Å². The quantitative estimate of drug-likeness (QED) is 0.753. The van der Waals surface area contributed by atoms with Gasteiger partial charge in [0, 0.05) is 45.9 Å². The van der Waals surface area contributed by atoms with Gasteiger partial charge in [0.15, 0.2) is 0 Å². The summed E-state index contributed by atoms with van der Waals surface area (Å²) in [5.74, 6) is -1.82. The zero-order valence-electron chi connectivity index (χ0n) is 12.3. The van der Waals surface area contributed by atoms with E-state index >= 15 is 0 Å². The SMILES string of the molecule is CC(=O)N1CCN(C(=O)NC(=O)CC(C)CC(=O)O)CC1.